The third kappa shape index (κ3) is 33.7. The summed E-state index contributed by atoms with van der Waals surface area (Å²) in [6.45, 7) is 3.54. The van der Waals surface area contributed by atoms with Gasteiger partial charge in [-0.05, 0) is 83.5 Å². The lowest BCUT2D eigenvalue weighted by Crippen LogP contribution is -2.29. The minimum atomic E-state index is -4.79. The van der Waals surface area contributed by atoms with Crippen LogP contribution in [-0.2, 0) is 32.9 Å². The standard InChI is InChI=1S/C43H71O9P/c1-3-5-7-9-11-12-13-14-15-16-17-18-19-20-23-27-31-35-42(44)49-37-39(38-50-53(46,47)48)51-43(45)36-32-28-24-21-22-26-30-34-41-40(52-41)33-29-25-10-8-6-4-2/h14-15,17-18,20-21,23-26,29-30,39-41H,3-13,16,19,22,27-28,31-38H2,1-2H3,(H2,46,47,48)/b15-14-,18-17-,23-20-,24-21-,29-25-,30-26-/t39-,40?,41?/m1/s1. The maximum absolute atomic E-state index is 12.4. The van der Waals surface area contributed by atoms with E-state index in [4.69, 9.17) is 24.0 Å². The van der Waals surface area contributed by atoms with Gasteiger partial charge in [0, 0.05) is 12.8 Å². The van der Waals surface area contributed by atoms with Crippen molar-refractivity contribution in [3.63, 3.8) is 0 Å². The van der Waals surface area contributed by atoms with Gasteiger partial charge >= 0.3 is 19.8 Å². The van der Waals surface area contributed by atoms with Crippen LogP contribution in [0.1, 0.15) is 155 Å². The number of allylic oxidation sites excluding steroid dienone is 10. The lowest BCUT2D eigenvalue weighted by molar-refractivity contribution is -0.161. The van der Waals surface area contributed by atoms with Gasteiger partial charge in [-0.2, -0.15) is 0 Å². The van der Waals surface area contributed by atoms with E-state index < -0.39 is 32.5 Å². The first-order chi connectivity index (χ1) is 25.7. The number of phosphoric ester groups is 1. The Kier molecular flexibility index (Phi) is 31.1. The molecule has 0 bridgehead atoms. The molecule has 302 valence electrons. The van der Waals surface area contributed by atoms with Crippen molar-refractivity contribution in [3.8, 4) is 0 Å². The van der Waals surface area contributed by atoms with Crippen LogP contribution in [0.2, 0.25) is 0 Å². The fraction of sp³-hybridized carbons (Fsp3) is 0.674. The third-order valence-electron chi connectivity index (χ3n) is 8.60. The van der Waals surface area contributed by atoms with Gasteiger partial charge in [0.15, 0.2) is 6.10 Å². The molecule has 1 heterocycles. The Labute approximate surface area is 321 Å². The van der Waals surface area contributed by atoms with Gasteiger partial charge in [-0.15, -0.1) is 0 Å². The average molecular weight is 763 g/mol. The van der Waals surface area contributed by atoms with E-state index in [2.05, 4.69) is 73.1 Å². The number of esters is 2. The Hall–Kier alpha value is -2.55. The van der Waals surface area contributed by atoms with E-state index >= 15 is 0 Å². The molecule has 3 atom stereocenters. The number of phosphoric acid groups is 1. The van der Waals surface area contributed by atoms with E-state index in [-0.39, 0.29) is 19.4 Å². The summed E-state index contributed by atoms with van der Waals surface area (Å²) in [5, 5.41) is 0. The second-order valence-electron chi connectivity index (χ2n) is 13.6. The summed E-state index contributed by atoms with van der Waals surface area (Å²) >= 11 is 0. The van der Waals surface area contributed by atoms with Crippen LogP contribution in [0.25, 0.3) is 0 Å². The molecule has 0 aromatic carbocycles. The molecule has 1 aliphatic rings. The van der Waals surface area contributed by atoms with E-state index in [1.165, 1.54) is 57.8 Å². The van der Waals surface area contributed by atoms with Gasteiger partial charge in [0.25, 0.3) is 0 Å². The predicted octanol–water partition coefficient (Wildman–Crippen LogP) is 11.3. The molecular formula is C43H71O9P. The number of hydrogen-bond acceptors (Lipinski definition) is 7. The Morgan fingerprint density at radius 3 is 1.60 bits per heavy atom. The Balaban J connectivity index is 2.16. The van der Waals surface area contributed by atoms with E-state index in [0.717, 1.165) is 51.4 Å². The van der Waals surface area contributed by atoms with Gasteiger partial charge < -0.3 is 24.0 Å². The minimum absolute atomic E-state index is 0.117. The number of epoxide rings is 1. The molecule has 1 fully saturated rings. The zero-order valence-electron chi connectivity index (χ0n) is 32.8. The summed E-state index contributed by atoms with van der Waals surface area (Å²) in [5.41, 5.74) is 0. The monoisotopic (exact) mass is 762 g/mol. The largest absolute Gasteiger partial charge is 0.469 e. The molecule has 0 aromatic rings. The second-order valence-corrected chi connectivity index (χ2v) is 14.9. The van der Waals surface area contributed by atoms with Gasteiger partial charge in [-0.25, -0.2) is 4.57 Å². The van der Waals surface area contributed by atoms with Crippen LogP contribution in [-0.4, -0.2) is 53.3 Å². The lowest BCUT2D eigenvalue weighted by atomic mass is 10.1. The zero-order valence-corrected chi connectivity index (χ0v) is 33.7. The lowest BCUT2D eigenvalue weighted by Gasteiger charge is -2.18. The van der Waals surface area contributed by atoms with Gasteiger partial charge in [-0.3, -0.25) is 14.1 Å². The predicted molar refractivity (Wildman–Crippen MR) is 215 cm³/mol. The molecule has 0 amide bonds. The number of carbonyl (C=O) groups is 2. The Bertz CT molecular complexity index is 1150. The molecule has 0 aliphatic carbocycles. The fourth-order valence-corrected chi connectivity index (χ4v) is 5.78. The molecule has 1 aliphatic heterocycles. The molecule has 1 saturated heterocycles. The summed E-state index contributed by atoms with van der Waals surface area (Å²) in [6.07, 6.45) is 46.6. The highest BCUT2D eigenvalue weighted by Crippen LogP contribution is 2.36. The van der Waals surface area contributed by atoms with Crippen molar-refractivity contribution in [1.82, 2.24) is 0 Å². The van der Waals surface area contributed by atoms with Crippen LogP contribution in [0, 0.1) is 0 Å². The Morgan fingerprint density at radius 1 is 0.585 bits per heavy atom. The first kappa shape index (κ1) is 48.5. The SMILES string of the molecule is CCCCC/C=C\CC1OC1C/C=C\C/C=C\CCCC(=O)O[C@H](COC(=O)CCC/C=C\C/C=C\C/C=C\CCCCCCCC)COP(=O)(O)O. The molecule has 2 unspecified atom stereocenters. The van der Waals surface area contributed by atoms with Gasteiger partial charge in [-0.1, -0.05) is 132 Å². The molecule has 0 saturated carbocycles. The number of rotatable bonds is 35. The van der Waals surface area contributed by atoms with Crippen LogP contribution in [0.5, 0.6) is 0 Å². The maximum atomic E-state index is 12.4. The van der Waals surface area contributed by atoms with Crippen LogP contribution in [0.3, 0.4) is 0 Å². The first-order valence-corrected chi connectivity index (χ1v) is 21.9. The summed E-state index contributed by atoms with van der Waals surface area (Å²) in [6, 6.07) is 0. The van der Waals surface area contributed by atoms with Crippen molar-refractivity contribution in [2.45, 2.75) is 173 Å². The van der Waals surface area contributed by atoms with Gasteiger partial charge in [0.2, 0.25) is 0 Å². The van der Waals surface area contributed by atoms with Crippen LogP contribution in [0.4, 0.5) is 0 Å². The topological polar surface area (TPSA) is 132 Å². The average Bonchev–Trinajstić information content (AvgIpc) is 3.88. The number of hydrogen-bond donors (Lipinski definition) is 2. The Morgan fingerprint density at radius 2 is 1.02 bits per heavy atom. The quantitative estimate of drug-likeness (QED) is 0.0213. The number of unbranched alkanes of at least 4 members (excludes halogenated alkanes) is 11. The minimum Gasteiger partial charge on any atom is -0.462 e. The summed E-state index contributed by atoms with van der Waals surface area (Å²) in [5.74, 6) is -1.02. The van der Waals surface area contributed by atoms with Crippen LogP contribution >= 0.6 is 7.82 Å². The molecule has 0 radical (unpaired) electrons. The summed E-state index contributed by atoms with van der Waals surface area (Å²) in [4.78, 5) is 42.8. The van der Waals surface area contributed by atoms with Crippen LogP contribution in [0.15, 0.2) is 72.9 Å². The third-order valence-corrected chi connectivity index (χ3v) is 9.09. The smallest absolute Gasteiger partial charge is 0.462 e. The highest BCUT2D eigenvalue weighted by molar-refractivity contribution is 7.46. The molecule has 10 heteroatoms. The molecular weight excluding hydrogens is 691 g/mol. The molecule has 0 aromatic heterocycles. The first-order valence-electron chi connectivity index (χ1n) is 20.4. The molecule has 1 rings (SSSR count). The highest BCUT2D eigenvalue weighted by atomic mass is 31.2. The number of ether oxygens (including phenoxy) is 3. The maximum Gasteiger partial charge on any atom is 0.469 e. The van der Waals surface area contributed by atoms with E-state index in [9.17, 15) is 14.2 Å². The second kappa shape index (κ2) is 34.0. The van der Waals surface area contributed by atoms with Gasteiger partial charge in [0.1, 0.15) is 6.61 Å². The van der Waals surface area contributed by atoms with Crippen molar-refractivity contribution in [3.05, 3.63) is 72.9 Å². The van der Waals surface area contributed by atoms with Crippen molar-refractivity contribution in [2.75, 3.05) is 13.2 Å². The summed E-state index contributed by atoms with van der Waals surface area (Å²) in [7, 11) is -4.79. The van der Waals surface area contributed by atoms with Crippen molar-refractivity contribution in [1.29, 1.82) is 0 Å². The molecule has 9 nitrogen and oxygen atoms in total. The highest BCUT2D eigenvalue weighted by Gasteiger charge is 2.36. The van der Waals surface area contributed by atoms with E-state index in [1.807, 2.05) is 18.2 Å². The van der Waals surface area contributed by atoms with Crippen LogP contribution < -0.4 is 0 Å². The van der Waals surface area contributed by atoms with Crippen molar-refractivity contribution in [2.24, 2.45) is 0 Å². The van der Waals surface area contributed by atoms with Crippen molar-refractivity contribution >= 4 is 19.8 Å². The van der Waals surface area contributed by atoms with Crippen molar-refractivity contribution < 1.29 is 42.7 Å². The van der Waals surface area contributed by atoms with E-state index in [1.54, 1.807) is 0 Å². The summed E-state index contributed by atoms with van der Waals surface area (Å²) < 4.78 is 32.0. The number of carbonyl (C=O) groups excluding carboxylic acids is 2. The van der Waals surface area contributed by atoms with Gasteiger partial charge in [0.05, 0.1) is 18.8 Å². The molecule has 2 N–H and O–H groups in total. The molecule has 53 heavy (non-hydrogen) atoms. The molecule has 0 spiro atoms. The normalized spacial score (nSPS) is 17.1. The fourth-order valence-electron chi connectivity index (χ4n) is 5.42. The zero-order chi connectivity index (χ0) is 38.7. The van der Waals surface area contributed by atoms with E-state index in [0.29, 0.717) is 31.5 Å².